The van der Waals surface area contributed by atoms with Crippen molar-refractivity contribution < 1.29 is 14.4 Å². The largest absolute Gasteiger partial charge is 0.352 e. The van der Waals surface area contributed by atoms with E-state index in [2.05, 4.69) is 15.6 Å². The zero-order valence-corrected chi connectivity index (χ0v) is 18.4. The molecule has 1 aromatic heterocycles. The van der Waals surface area contributed by atoms with Crippen molar-refractivity contribution in [1.29, 1.82) is 0 Å². The average Bonchev–Trinajstić information content (AvgIpc) is 3.25. The summed E-state index contributed by atoms with van der Waals surface area (Å²) >= 11 is 0. The SMILES string of the molecule is CC(c1ccccc1)N1CC(C(=O)NCc2ccccc2NC(=O)c2cccnc2)CC1=O. The molecule has 0 bridgehead atoms. The van der Waals surface area contributed by atoms with E-state index in [-0.39, 0.29) is 36.7 Å². The molecular weight excluding hydrogens is 416 g/mol. The summed E-state index contributed by atoms with van der Waals surface area (Å²) < 4.78 is 0. The molecule has 0 saturated carbocycles. The van der Waals surface area contributed by atoms with Crippen LogP contribution < -0.4 is 10.6 Å². The minimum Gasteiger partial charge on any atom is -0.352 e. The highest BCUT2D eigenvalue weighted by molar-refractivity contribution is 6.04. The van der Waals surface area contributed by atoms with Crippen LogP contribution in [0, 0.1) is 5.92 Å². The van der Waals surface area contributed by atoms with E-state index in [0.717, 1.165) is 11.1 Å². The Kier molecular flexibility index (Phi) is 6.78. The minimum absolute atomic E-state index is 0.0179. The summed E-state index contributed by atoms with van der Waals surface area (Å²) in [5.41, 5.74) is 2.90. The Bertz CT molecular complexity index is 1130. The van der Waals surface area contributed by atoms with E-state index in [0.29, 0.717) is 17.8 Å². The maximum atomic E-state index is 12.8. The van der Waals surface area contributed by atoms with E-state index in [1.807, 2.05) is 55.5 Å². The second-order valence-corrected chi connectivity index (χ2v) is 8.10. The molecule has 1 aliphatic rings. The number of nitrogens with one attached hydrogen (secondary N) is 2. The number of nitrogens with zero attached hydrogens (tertiary/aromatic N) is 2. The van der Waals surface area contributed by atoms with E-state index in [4.69, 9.17) is 0 Å². The predicted molar refractivity (Wildman–Crippen MR) is 125 cm³/mol. The Morgan fingerprint density at radius 3 is 2.58 bits per heavy atom. The van der Waals surface area contributed by atoms with E-state index < -0.39 is 5.92 Å². The van der Waals surface area contributed by atoms with Crippen LogP contribution >= 0.6 is 0 Å². The van der Waals surface area contributed by atoms with Gasteiger partial charge in [-0.25, -0.2) is 0 Å². The van der Waals surface area contributed by atoms with Gasteiger partial charge < -0.3 is 15.5 Å². The molecule has 0 spiro atoms. The quantitative estimate of drug-likeness (QED) is 0.585. The molecule has 2 unspecified atom stereocenters. The molecule has 2 heterocycles. The third-order valence-corrected chi connectivity index (χ3v) is 5.92. The smallest absolute Gasteiger partial charge is 0.257 e. The molecular formula is C26H26N4O3. The normalized spacial score (nSPS) is 16.3. The number of pyridine rings is 1. The Balaban J connectivity index is 1.37. The fraction of sp³-hybridized carbons (Fsp3) is 0.231. The average molecular weight is 443 g/mol. The number of hydrogen-bond donors (Lipinski definition) is 2. The number of carbonyl (C=O) groups excluding carboxylic acids is 3. The lowest BCUT2D eigenvalue weighted by Gasteiger charge is -2.25. The van der Waals surface area contributed by atoms with E-state index >= 15 is 0 Å². The number of rotatable bonds is 7. The van der Waals surface area contributed by atoms with Gasteiger partial charge in [-0.1, -0.05) is 48.5 Å². The van der Waals surface area contributed by atoms with Crippen LogP contribution in [0.25, 0.3) is 0 Å². The van der Waals surface area contributed by atoms with Gasteiger partial charge in [0.1, 0.15) is 0 Å². The number of para-hydroxylation sites is 1. The Morgan fingerprint density at radius 2 is 1.82 bits per heavy atom. The Labute approximate surface area is 192 Å². The first-order valence-corrected chi connectivity index (χ1v) is 10.9. The summed E-state index contributed by atoms with van der Waals surface area (Å²) in [6, 6.07) is 20.4. The molecule has 168 valence electrons. The van der Waals surface area contributed by atoms with Crippen LogP contribution in [0.4, 0.5) is 5.69 Å². The van der Waals surface area contributed by atoms with Crippen molar-refractivity contribution in [3.63, 3.8) is 0 Å². The van der Waals surface area contributed by atoms with E-state index in [9.17, 15) is 14.4 Å². The number of aromatic nitrogens is 1. The van der Waals surface area contributed by atoms with Crippen LogP contribution in [-0.4, -0.2) is 34.2 Å². The van der Waals surface area contributed by atoms with Gasteiger partial charge in [-0.3, -0.25) is 19.4 Å². The lowest BCUT2D eigenvalue weighted by molar-refractivity contribution is -0.130. The monoisotopic (exact) mass is 442 g/mol. The van der Waals surface area contributed by atoms with Crippen LogP contribution in [0.1, 0.15) is 40.9 Å². The first-order valence-electron chi connectivity index (χ1n) is 10.9. The van der Waals surface area contributed by atoms with Crippen molar-refractivity contribution in [1.82, 2.24) is 15.2 Å². The summed E-state index contributed by atoms with van der Waals surface area (Å²) in [5, 5.41) is 5.81. The summed E-state index contributed by atoms with van der Waals surface area (Å²) in [6.45, 7) is 2.62. The van der Waals surface area contributed by atoms with Crippen LogP contribution in [0.5, 0.6) is 0 Å². The van der Waals surface area contributed by atoms with Crippen molar-refractivity contribution in [3.05, 3.63) is 95.8 Å². The molecule has 0 radical (unpaired) electrons. The summed E-state index contributed by atoms with van der Waals surface area (Å²) in [6.07, 6.45) is 3.30. The standard InChI is InChI=1S/C26H26N4O3/c1-18(19-8-3-2-4-9-19)30-17-22(14-24(30)31)25(32)28-16-20-10-5-6-12-23(20)29-26(33)21-11-7-13-27-15-21/h2-13,15,18,22H,14,16-17H2,1H3,(H,28,32)(H,29,33). The molecule has 0 aliphatic carbocycles. The molecule has 2 atom stereocenters. The molecule has 1 fully saturated rings. The first-order chi connectivity index (χ1) is 16.0. The molecule has 3 amide bonds. The number of benzene rings is 2. The van der Waals surface area contributed by atoms with Crippen LogP contribution in [-0.2, 0) is 16.1 Å². The molecule has 33 heavy (non-hydrogen) atoms. The fourth-order valence-corrected chi connectivity index (χ4v) is 4.01. The van der Waals surface area contributed by atoms with Crippen molar-refractivity contribution in [2.75, 3.05) is 11.9 Å². The van der Waals surface area contributed by atoms with Gasteiger partial charge in [-0.2, -0.15) is 0 Å². The van der Waals surface area contributed by atoms with Crippen molar-refractivity contribution in [3.8, 4) is 0 Å². The second-order valence-electron chi connectivity index (χ2n) is 8.10. The van der Waals surface area contributed by atoms with Gasteiger partial charge in [-0.15, -0.1) is 0 Å². The van der Waals surface area contributed by atoms with Crippen LogP contribution in [0.2, 0.25) is 0 Å². The molecule has 2 N–H and O–H groups in total. The lowest BCUT2D eigenvalue weighted by atomic mass is 10.1. The molecule has 2 aromatic carbocycles. The zero-order valence-electron chi connectivity index (χ0n) is 18.4. The third kappa shape index (κ3) is 5.26. The molecule has 7 heteroatoms. The topological polar surface area (TPSA) is 91.4 Å². The maximum Gasteiger partial charge on any atom is 0.257 e. The second kappa shape index (κ2) is 10.1. The number of likely N-dealkylation sites (tertiary alicyclic amines) is 1. The maximum absolute atomic E-state index is 12.8. The molecule has 1 saturated heterocycles. The van der Waals surface area contributed by atoms with Crippen LogP contribution in [0.3, 0.4) is 0 Å². The Morgan fingerprint density at radius 1 is 1.06 bits per heavy atom. The summed E-state index contributed by atoms with van der Waals surface area (Å²) in [7, 11) is 0. The van der Waals surface area contributed by atoms with Gasteiger partial charge in [-0.05, 0) is 36.2 Å². The van der Waals surface area contributed by atoms with Gasteiger partial charge in [0, 0.05) is 37.6 Å². The van der Waals surface area contributed by atoms with Crippen molar-refractivity contribution >= 4 is 23.4 Å². The Hall–Kier alpha value is -4.00. The van der Waals surface area contributed by atoms with Gasteiger partial charge in [0.15, 0.2) is 0 Å². The van der Waals surface area contributed by atoms with Gasteiger partial charge in [0.05, 0.1) is 17.5 Å². The van der Waals surface area contributed by atoms with Gasteiger partial charge in [0.25, 0.3) is 5.91 Å². The van der Waals surface area contributed by atoms with E-state index in [1.54, 1.807) is 29.3 Å². The molecule has 4 rings (SSSR count). The van der Waals surface area contributed by atoms with E-state index in [1.165, 1.54) is 6.20 Å². The lowest BCUT2D eigenvalue weighted by Crippen LogP contribution is -2.33. The highest BCUT2D eigenvalue weighted by Crippen LogP contribution is 2.28. The van der Waals surface area contributed by atoms with Gasteiger partial charge in [0.2, 0.25) is 11.8 Å². The number of amides is 3. The highest BCUT2D eigenvalue weighted by Gasteiger charge is 2.36. The molecule has 1 aliphatic heterocycles. The fourth-order valence-electron chi connectivity index (χ4n) is 4.01. The molecule has 3 aromatic rings. The zero-order chi connectivity index (χ0) is 23.2. The summed E-state index contributed by atoms with van der Waals surface area (Å²) in [4.78, 5) is 43.6. The summed E-state index contributed by atoms with van der Waals surface area (Å²) in [5.74, 6) is -0.857. The van der Waals surface area contributed by atoms with Gasteiger partial charge >= 0.3 is 0 Å². The molecule has 7 nitrogen and oxygen atoms in total. The first kappa shape index (κ1) is 22.2. The highest BCUT2D eigenvalue weighted by atomic mass is 16.2. The van der Waals surface area contributed by atoms with Crippen molar-refractivity contribution in [2.45, 2.75) is 25.9 Å². The minimum atomic E-state index is -0.402. The number of anilines is 1. The third-order valence-electron chi connectivity index (χ3n) is 5.92. The number of carbonyl (C=O) groups is 3. The van der Waals surface area contributed by atoms with Crippen LogP contribution in [0.15, 0.2) is 79.1 Å². The van der Waals surface area contributed by atoms with Crippen molar-refractivity contribution in [2.24, 2.45) is 5.92 Å². The number of hydrogen-bond acceptors (Lipinski definition) is 4. The predicted octanol–water partition coefficient (Wildman–Crippen LogP) is 3.56.